The molecule has 0 spiro atoms. The van der Waals surface area contributed by atoms with E-state index in [1.54, 1.807) is 67.6 Å². The molecule has 0 aliphatic rings. The molecule has 2 amide bonds. The van der Waals surface area contributed by atoms with Crippen molar-refractivity contribution < 1.29 is 18.0 Å². The van der Waals surface area contributed by atoms with E-state index in [-0.39, 0.29) is 17.3 Å². The lowest BCUT2D eigenvalue weighted by molar-refractivity contribution is -0.139. The van der Waals surface area contributed by atoms with Crippen LogP contribution in [0.25, 0.3) is 0 Å². The molecule has 0 aromatic heterocycles. The minimum absolute atomic E-state index is 0.0488. The first-order valence-corrected chi connectivity index (χ1v) is 14.8. The number of nitrogens with one attached hydrogen (secondary N) is 1. The maximum absolute atomic E-state index is 13.9. The van der Waals surface area contributed by atoms with Gasteiger partial charge in [-0.15, -0.1) is 0 Å². The number of sulfonamides is 1. The number of anilines is 1. The Morgan fingerprint density at radius 1 is 0.923 bits per heavy atom. The first-order chi connectivity index (χ1) is 18.5. The molecular formula is C30H36ClN3O4S. The van der Waals surface area contributed by atoms with E-state index in [9.17, 15) is 18.0 Å². The Morgan fingerprint density at radius 2 is 1.51 bits per heavy atom. The third-order valence-electron chi connectivity index (χ3n) is 6.51. The van der Waals surface area contributed by atoms with E-state index < -0.39 is 28.5 Å². The second-order valence-corrected chi connectivity index (χ2v) is 11.9. The summed E-state index contributed by atoms with van der Waals surface area (Å²) in [5, 5.41) is 3.33. The number of halogens is 1. The molecule has 0 aliphatic carbocycles. The topological polar surface area (TPSA) is 86.8 Å². The van der Waals surface area contributed by atoms with Crippen LogP contribution < -0.4 is 9.62 Å². The largest absolute Gasteiger partial charge is 0.354 e. The van der Waals surface area contributed by atoms with Gasteiger partial charge in [0.25, 0.3) is 10.0 Å². The van der Waals surface area contributed by atoms with Crippen molar-refractivity contribution in [2.24, 2.45) is 0 Å². The summed E-state index contributed by atoms with van der Waals surface area (Å²) in [6, 6.07) is 19.7. The highest BCUT2D eigenvalue weighted by molar-refractivity contribution is 7.92. The fraction of sp³-hybridized carbons (Fsp3) is 0.333. The van der Waals surface area contributed by atoms with Crippen LogP contribution in [-0.2, 0) is 26.2 Å². The van der Waals surface area contributed by atoms with E-state index in [1.807, 2.05) is 20.8 Å². The summed E-state index contributed by atoms with van der Waals surface area (Å²) in [6.07, 6.45) is 1.73. The molecule has 0 heterocycles. The van der Waals surface area contributed by atoms with Crippen LogP contribution in [0.2, 0.25) is 5.02 Å². The number of carbonyl (C=O) groups is 2. The predicted octanol–water partition coefficient (Wildman–Crippen LogP) is 5.49. The SMILES string of the molecule is CCCCNC(=O)[C@@H](C)N(Cc1ccccc1Cl)C(=O)CN(c1ccc(C)cc1)S(=O)(=O)c1ccc(C)cc1. The number of nitrogens with zero attached hydrogens (tertiary/aromatic N) is 2. The molecule has 0 radical (unpaired) electrons. The van der Waals surface area contributed by atoms with Gasteiger partial charge in [-0.3, -0.25) is 13.9 Å². The maximum Gasteiger partial charge on any atom is 0.264 e. The number of carbonyl (C=O) groups excluding carboxylic acids is 2. The Bertz CT molecular complexity index is 1380. The minimum atomic E-state index is -4.10. The van der Waals surface area contributed by atoms with Crippen LogP contribution in [0.3, 0.4) is 0 Å². The lowest BCUT2D eigenvalue weighted by atomic mass is 10.1. The van der Waals surface area contributed by atoms with E-state index in [0.717, 1.165) is 28.3 Å². The Morgan fingerprint density at radius 3 is 2.10 bits per heavy atom. The number of hydrogen-bond acceptors (Lipinski definition) is 4. The molecule has 3 aromatic rings. The van der Waals surface area contributed by atoms with Gasteiger partial charge in [0.15, 0.2) is 0 Å². The van der Waals surface area contributed by atoms with Gasteiger partial charge < -0.3 is 10.2 Å². The Balaban J connectivity index is 2.00. The molecule has 0 saturated carbocycles. The quantitative estimate of drug-likeness (QED) is 0.292. The van der Waals surface area contributed by atoms with Crippen molar-refractivity contribution in [3.63, 3.8) is 0 Å². The number of amides is 2. The molecule has 1 atom stereocenters. The molecule has 7 nitrogen and oxygen atoms in total. The fourth-order valence-corrected chi connectivity index (χ4v) is 5.62. The summed E-state index contributed by atoms with van der Waals surface area (Å²) in [5.74, 6) is -0.837. The van der Waals surface area contributed by atoms with Crippen molar-refractivity contribution in [1.82, 2.24) is 10.2 Å². The van der Waals surface area contributed by atoms with Crippen molar-refractivity contribution in [1.29, 1.82) is 0 Å². The molecule has 0 bridgehead atoms. The van der Waals surface area contributed by atoms with Crippen LogP contribution in [0, 0.1) is 13.8 Å². The van der Waals surface area contributed by atoms with E-state index in [4.69, 9.17) is 11.6 Å². The molecule has 208 valence electrons. The summed E-state index contributed by atoms with van der Waals surface area (Å²) in [6.45, 7) is 7.49. The van der Waals surface area contributed by atoms with Crippen molar-refractivity contribution >= 4 is 39.1 Å². The lowest BCUT2D eigenvalue weighted by Gasteiger charge is -2.32. The van der Waals surface area contributed by atoms with Gasteiger partial charge >= 0.3 is 0 Å². The first kappa shape index (κ1) is 30.2. The summed E-state index contributed by atoms with van der Waals surface area (Å²) in [7, 11) is -4.10. The average Bonchev–Trinajstić information content (AvgIpc) is 2.91. The molecule has 39 heavy (non-hydrogen) atoms. The third-order valence-corrected chi connectivity index (χ3v) is 8.66. The van der Waals surface area contributed by atoms with Gasteiger partial charge in [0.05, 0.1) is 10.6 Å². The maximum atomic E-state index is 13.9. The Kier molecular flexibility index (Phi) is 10.5. The van der Waals surface area contributed by atoms with Crippen molar-refractivity contribution in [3.8, 4) is 0 Å². The van der Waals surface area contributed by atoms with Gasteiger partial charge in [0, 0.05) is 18.1 Å². The van der Waals surface area contributed by atoms with Crippen LogP contribution >= 0.6 is 11.6 Å². The van der Waals surface area contributed by atoms with Crippen LogP contribution in [-0.4, -0.2) is 44.3 Å². The van der Waals surface area contributed by atoms with Crippen LogP contribution in [0.15, 0.2) is 77.7 Å². The molecule has 3 aromatic carbocycles. The molecule has 0 aliphatic heterocycles. The molecule has 1 N–H and O–H groups in total. The Labute approximate surface area is 236 Å². The average molecular weight is 570 g/mol. The van der Waals surface area contributed by atoms with Gasteiger partial charge in [0.2, 0.25) is 11.8 Å². The van der Waals surface area contributed by atoms with Crippen LogP contribution in [0.4, 0.5) is 5.69 Å². The van der Waals surface area contributed by atoms with Crippen LogP contribution in [0.5, 0.6) is 0 Å². The number of aryl methyl sites for hydroxylation is 2. The number of benzene rings is 3. The molecular weight excluding hydrogens is 534 g/mol. The molecule has 0 unspecified atom stereocenters. The molecule has 0 fully saturated rings. The van der Waals surface area contributed by atoms with Crippen molar-refractivity contribution in [2.45, 2.75) is 58.0 Å². The predicted molar refractivity (Wildman–Crippen MR) is 156 cm³/mol. The second kappa shape index (κ2) is 13.6. The highest BCUT2D eigenvalue weighted by atomic mass is 35.5. The fourth-order valence-electron chi connectivity index (χ4n) is 4.01. The summed E-state index contributed by atoms with van der Waals surface area (Å²) < 4.78 is 28.8. The van der Waals surface area contributed by atoms with Gasteiger partial charge in [0.1, 0.15) is 12.6 Å². The number of hydrogen-bond donors (Lipinski definition) is 1. The van der Waals surface area contributed by atoms with E-state index in [1.165, 1.54) is 17.0 Å². The molecule has 3 rings (SSSR count). The normalized spacial score (nSPS) is 12.0. The van der Waals surface area contributed by atoms with E-state index in [2.05, 4.69) is 5.32 Å². The van der Waals surface area contributed by atoms with Gasteiger partial charge in [-0.1, -0.05) is 78.5 Å². The molecule has 9 heteroatoms. The zero-order valence-corrected chi connectivity index (χ0v) is 24.4. The summed E-state index contributed by atoms with van der Waals surface area (Å²) in [4.78, 5) is 28.4. The van der Waals surface area contributed by atoms with E-state index in [0.29, 0.717) is 22.8 Å². The standard InChI is InChI=1S/C30H36ClN3O4S/c1-5-6-19-32-30(36)24(4)33(20-25-9-7-8-10-28(25)31)29(35)21-34(26-15-11-22(2)12-16-26)39(37,38)27-17-13-23(3)14-18-27/h7-18,24H,5-6,19-21H2,1-4H3,(H,32,36)/t24-/m1/s1. The molecule has 0 saturated heterocycles. The summed E-state index contributed by atoms with van der Waals surface area (Å²) >= 11 is 6.40. The monoisotopic (exact) mass is 569 g/mol. The van der Waals surface area contributed by atoms with Crippen molar-refractivity contribution in [3.05, 3.63) is 94.5 Å². The van der Waals surface area contributed by atoms with Gasteiger partial charge in [-0.25, -0.2) is 8.42 Å². The highest BCUT2D eigenvalue weighted by Crippen LogP contribution is 2.26. The number of unbranched alkanes of at least 4 members (excludes halogenated alkanes) is 1. The third kappa shape index (κ3) is 7.83. The minimum Gasteiger partial charge on any atom is -0.354 e. The van der Waals surface area contributed by atoms with Gasteiger partial charge in [-0.2, -0.15) is 0 Å². The van der Waals surface area contributed by atoms with Gasteiger partial charge in [-0.05, 0) is 63.1 Å². The zero-order valence-electron chi connectivity index (χ0n) is 22.9. The number of rotatable bonds is 12. The second-order valence-electron chi connectivity index (χ2n) is 9.59. The van der Waals surface area contributed by atoms with Crippen LogP contribution in [0.1, 0.15) is 43.4 Å². The van der Waals surface area contributed by atoms with Crippen molar-refractivity contribution in [2.75, 3.05) is 17.4 Å². The summed E-state index contributed by atoms with van der Waals surface area (Å²) in [5.41, 5.74) is 2.88. The smallest absolute Gasteiger partial charge is 0.264 e. The lowest BCUT2D eigenvalue weighted by Crippen LogP contribution is -2.51. The Hall–Kier alpha value is -3.36. The zero-order chi connectivity index (χ0) is 28.6. The highest BCUT2D eigenvalue weighted by Gasteiger charge is 2.32. The van der Waals surface area contributed by atoms with E-state index >= 15 is 0 Å². The first-order valence-electron chi connectivity index (χ1n) is 13.0.